The fourth-order valence-corrected chi connectivity index (χ4v) is 1.55. The first kappa shape index (κ1) is 8.89. The van der Waals surface area contributed by atoms with Crippen molar-refractivity contribution in [2.45, 2.75) is 18.3 Å². The van der Waals surface area contributed by atoms with E-state index in [-0.39, 0.29) is 6.61 Å². The minimum Gasteiger partial charge on any atom is -0.388 e. The summed E-state index contributed by atoms with van der Waals surface area (Å²) in [5.74, 6) is 0. The highest BCUT2D eigenvalue weighted by molar-refractivity contribution is 7.71. The lowest BCUT2D eigenvalue weighted by atomic mass is 10.1. The first-order valence-electron chi connectivity index (χ1n) is 3.94. The van der Waals surface area contributed by atoms with Gasteiger partial charge in [0.25, 0.3) is 0 Å². The second kappa shape index (κ2) is 3.22. The molecular formula is C7H10N2O3S. The number of imidazole rings is 1. The van der Waals surface area contributed by atoms with Crippen molar-refractivity contribution in [2.24, 2.45) is 0 Å². The Morgan fingerprint density at radius 1 is 1.54 bits per heavy atom. The highest BCUT2D eigenvalue weighted by Crippen LogP contribution is 2.27. The molecule has 2 heterocycles. The van der Waals surface area contributed by atoms with Gasteiger partial charge in [0.2, 0.25) is 0 Å². The third kappa shape index (κ3) is 1.53. The predicted molar refractivity (Wildman–Crippen MR) is 46.7 cm³/mol. The standard InChI is InChI=1S/C7H10N2O3S/c10-4-2-12-6(5(4)11)3-1-8-7(13)9-3/h1,4-6,10-11H,2H2,(H2,8,9,13). The first-order valence-corrected chi connectivity index (χ1v) is 4.34. The summed E-state index contributed by atoms with van der Waals surface area (Å²) in [7, 11) is 0. The van der Waals surface area contributed by atoms with E-state index in [4.69, 9.17) is 17.0 Å². The van der Waals surface area contributed by atoms with Gasteiger partial charge in [-0.3, -0.25) is 0 Å². The third-order valence-corrected chi connectivity index (χ3v) is 2.29. The molecule has 3 unspecified atom stereocenters. The van der Waals surface area contributed by atoms with Gasteiger partial charge >= 0.3 is 0 Å². The quantitative estimate of drug-likeness (QED) is 0.478. The Morgan fingerprint density at radius 2 is 2.31 bits per heavy atom. The Morgan fingerprint density at radius 3 is 2.77 bits per heavy atom. The molecule has 4 N–H and O–H groups in total. The molecule has 6 heteroatoms. The zero-order valence-electron chi connectivity index (χ0n) is 6.73. The zero-order chi connectivity index (χ0) is 9.42. The van der Waals surface area contributed by atoms with Gasteiger partial charge in [0.1, 0.15) is 18.3 Å². The molecular weight excluding hydrogens is 192 g/mol. The summed E-state index contributed by atoms with van der Waals surface area (Å²) in [6.07, 6.45) is -0.583. The van der Waals surface area contributed by atoms with Crippen molar-refractivity contribution in [3.8, 4) is 0 Å². The van der Waals surface area contributed by atoms with Crippen LogP contribution in [0.3, 0.4) is 0 Å². The van der Waals surface area contributed by atoms with Crippen molar-refractivity contribution >= 4 is 12.2 Å². The van der Waals surface area contributed by atoms with Crippen LogP contribution in [0.25, 0.3) is 0 Å². The summed E-state index contributed by atoms with van der Waals surface area (Å²) in [5.41, 5.74) is 0.661. The highest BCUT2D eigenvalue weighted by atomic mass is 32.1. The third-order valence-electron chi connectivity index (χ3n) is 2.07. The van der Waals surface area contributed by atoms with Gasteiger partial charge in [-0.15, -0.1) is 0 Å². The average Bonchev–Trinajstić information content (AvgIpc) is 2.62. The number of hydrogen-bond donors (Lipinski definition) is 4. The lowest BCUT2D eigenvalue weighted by molar-refractivity contribution is 0.0207. The summed E-state index contributed by atoms with van der Waals surface area (Å²) in [6.45, 7) is 0.150. The summed E-state index contributed by atoms with van der Waals surface area (Å²) < 4.78 is 5.66. The fourth-order valence-electron chi connectivity index (χ4n) is 1.37. The number of aromatic nitrogens is 2. The number of aliphatic hydroxyl groups excluding tert-OH is 2. The van der Waals surface area contributed by atoms with Crippen LogP contribution in [-0.4, -0.2) is 39.0 Å². The number of rotatable bonds is 1. The molecule has 1 saturated heterocycles. The van der Waals surface area contributed by atoms with E-state index >= 15 is 0 Å². The number of ether oxygens (including phenoxy) is 1. The molecule has 5 nitrogen and oxygen atoms in total. The summed E-state index contributed by atoms with van der Waals surface area (Å²) in [6, 6.07) is 0. The monoisotopic (exact) mass is 202 g/mol. The number of H-pyrrole nitrogens is 2. The summed E-state index contributed by atoms with van der Waals surface area (Å²) >= 11 is 4.83. The Labute approximate surface area is 79.4 Å². The average molecular weight is 202 g/mol. The Balaban J connectivity index is 2.23. The number of aromatic amines is 2. The van der Waals surface area contributed by atoms with Crippen molar-refractivity contribution in [1.29, 1.82) is 0 Å². The molecule has 0 spiro atoms. The maximum atomic E-state index is 9.48. The van der Waals surface area contributed by atoms with E-state index in [1.54, 1.807) is 6.20 Å². The maximum Gasteiger partial charge on any atom is 0.174 e. The van der Waals surface area contributed by atoms with Crippen molar-refractivity contribution in [2.75, 3.05) is 6.61 Å². The minimum atomic E-state index is -0.888. The second-order valence-corrected chi connectivity index (χ2v) is 3.42. The van der Waals surface area contributed by atoms with Gasteiger partial charge in [-0.1, -0.05) is 0 Å². The van der Waals surface area contributed by atoms with Gasteiger partial charge in [0.05, 0.1) is 12.3 Å². The normalized spacial score (nSPS) is 33.8. The Bertz CT molecular complexity index is 348. The zero-order valence-corrected chi connectivity index (χ0v) is 7.54. The van der Waals surface area contributed by atoms with Crippen molar-refractivity contribution in [1.82, 2.24) is 9.97 Å². The molecule has 0 radical (unpaired) electrons. The van der Waals surface area contributed by atoms with E-state index in [2.05, 4.69) is 9.97 Å². The Hall–Kier alpha value is -0.690. The van der Waals surface area contributed by atoms with Crippen molar-refractivity contribution < 1.29 is 14.9 Å². The van der Waals surface area contributed by atoms with Crippen molar-refractivity contribution in [3.05, 3.63) is 16.7 Å². The van der Waals surface area contributed by atoms with E-state index in [9.17, 15) is 10.2 Å². The van der Waals surface area contributed by atoms with Crippen LogP contribution in [0.15, 0.2) is 6.20 Å². The van der Waals surface area contributed by atoms with Crippen molar-refractivity contribution in [3.63, 3.8) is 0 Å². The van der Waals surface area contributed by atoms with Crippen LogP contribution >= 0.6 is 12.2 Å². The molecule has 1 aromatic heterocycles. The predicted octanol–water partition coefficient (Wildman–Crippen LogP) is -0.135. The van der Waals surface area contributed by atoms with E-state index < -0.39 is 18.3 Å². The summed E-state index contributed by atoms with van der Waals surface area (Å²) in [5, 5.41) is 18.7. The van der Waals surface area contributed by atoms with Crippen LogP contribution < -0.4 is 0 Å². The number of hydrogen-bond acceptors (Lipinski definition) is 4. The molecule has 1 fully saturated rings. The molecule has 1 aliphatic rings. The highest BCUT2D eigenvalue weighted by Gasteiger charge is 2.36. The van der Waals surface area contributed by atoms with E-state index in [0.717, 1.165) is 0 Å². The topological polar surface area (TPSA) is 81.3 Å². The van der Waals surface area contributed by atoms with Gasteiger partial charge < -0.3 is 24.9 Å². The Kier molecular flexibility index (Phi) is 2.20. The minimum absolute atomic E-state index is 0.150. The van der Waals surface area contributed by atoms with Gasteiger partial charge in [-0.05, 0) is 12.2 Å². The van der Waals surface area contributed by atoms with Gasteiger partial charge in [-0.25, -0.2) is 0 Å². The summed E-state index contributed by atoms with van der Waals surface area (Å²) in [4.78, 5) is 5.60. The van der Waals surface area contributed by atoms with Crippen LogP contribution in [0, 0.1) is 4.77 Å². The smallest absolute Gasteiger partial charge is 0.174 e. The molecule has 0 bridgehead atoms. The van der Waals surface area contributed by atoms with Gasteiger partial charge in [0.15, 0.2) is 4.77 Å². The lowest BCUT2D eigenvalue weighted by Crippen LogP contribution is -2.25. The van der Waals surface area contributed by atoms with Crippen LogP contribution in [0.4, 0.5) is 0 Å². The number of nitrogens with one attached hydrogen (secondary N) is 2. The SMILES string of the molecule is OC1COC(c2c[nH]c(=S)[nH]2)C1O. The van der Waals surface area contributed by atoms with E-state index in [1.165, 1.54) is 0 Å². The molecule has 13 heavy (non-hydrogen) atoms. The van der Waals surface area contributed by atoms with Gasteiger partial charge in [-0.2, -0.15) is 0 Å². The van der Waals surface area contributed by atoms with E-state index in [1.807, 2.05) is 0 Å². The van der Waals surface area contributed by atoms with Crippen LogP contribution in [0.2, 0.25) is 0 Å². The molecule has 72 valence electrons. The second-order valence-electron chi connectivity index (χ2n) is 3.01. The molecule has 0 aromatic carbocycles. The van der Waals surface area contributed by atoms with Gasteiger partial charge in [0, 0.05) is 6.20 Å². The first-order chi connectivity index (χ1) is 6.18. The van der Waals surface area contributed by atoms with Crippen LogP contribution in [0.1, 0.15) is 11.8 Å². The largest absolute Gasteiger partial charge is 0.388 e. The molecule has 0 amide bonds. The molecule has 1 aliphatic heterocycles. The molecule has 1 aromatic rings. The number of aliphatic hydroxyl groups is 2. The molecule has 0 aliphatic carbocycles. The maximum absolute atomic E-state index is 9.48. The molecule has 0 saturated carbocycles. The van der Waals surface area contributed by atoms with Crippen LogP contribution in [-0.2, 0) is 4.74 Å². The fraction of sp³-hybridized carbons (Fsp3) is 0.571. The molecule has 2 rings (SSSR count). The molecule has 3 atom stereocenters. The van der Waals surface area contributed by atoms with E-state index in [0.29, 0.717) is 10.5 Å². The lowest BCUT2D eigenvalue weighted by Gasteiger charge is -2.12. The van der Waals surface area contributed by atoms with Crippen LogP contribution in [0.5, 0.6) is 0 Å².